The van der Waals surface area contributed by atoms with Gasteiger partial charge >= 0.3 is 12.1 Å². The van der Waals surface area contributed by atoms with Crippen LogP contribution in [0.5, 0.6) is 0 Å². The molecule has 0 aromatic rings. The van der Waals surface area contributed by atoms with Gasteiger partial charge in [0.05, 0.1) is 5.75 Å². The van der Waals surface area contributed by atoms with E-state index in [1.807, 2.05) is 0 Å². The summed E-state index contributed by atoms with van der Waals surface area (Å²) in [7, 11) is -2.97. The van der Waals surface area contributed by atoms with Crippen LogP contribution in [0.4, 0.5) is 13.2 Å². The molecule has 3 N–H and O–H groups in total. The van der Waals surface area contributed by atoms with Crippen molar-refractivity contribution >= 4 is 16.0 Å². The van der Waals surface area contributed by atoms with Gasteiger partial charge in [0.25, 0.3) is 0 Å². The highest BCUT2D eigenvalue weighted by Crippen LogP contribution is 2.30. The summed E-state index contributed by atoms with van der Waals surface area (Å²) in [5.74, 6) is -1.98. The maximum atomic E-state index is 11.3. The van der Waals surface area contributed by atoms with Crippen LogP contribution in [0.25, 0.3) is 0 Å². The lowest BCUT2D eigenvalue weighted by atomic mass is 10.2. The third-order valence-electron chi connectivity index (χ3n) is 2.52. The monoisotopic (exact) mass is 304 g/mol. The summed E-state index contributed by atoms with van der Waals surface area (Å²) in [6.07, 6.45) is -2.91. The fourth-order valence-electron chi connectivity index (χ4n) is 1.27. The van der Waals surface area contributed by atoms with E-state index in [1.165, 1.54) is 0 Å². The fraction of sp³-hybridized carbons (Fsp3) is 0.889. The van der Waals surface area contributed by atoms with Gasteiger partial charge < -0.3 is 10.4 Å². The molecule has 0 spiro atoms. The van der Waals surface area contributed by atoms with Gasteiger partial charge in [-0.15, -0.1) is 0 Å². The van der Waals surface area contributed by atoms with Gasteiger partial charge in [-0.1, -0.05) is 0 Å². The highest BCUT2D eigenvalue weighted by molar-refractivity contribution is 7.89. The van der Waals surface area contributed by atoms with Gasteiger partial charge in [0.15, 0.2) is 0 Å². The number of halogens is 3. The molecule has 1 saturated carbocycles. The van der Waals surface area contributed by atoms with Gasteiger partial charge in [-0.05, 0) is 18.8 Å². The van der Waals surface area contributed by atoms with Crippen LogP contribution in [0.2, 0.25) is 0 Å². The van der Waals surface area contributed by atoms with Gasteiger partial charge in [0.1, 0.15) is 0 Å². The Morgan fingerprint density at radius 3 is 2.05 bits per heavy atom. The highest BCUT2D eigenvalue weighted by atomic mass is 32.2. The molecular weight excluding hydrogens is 289 g/mol. The molecule has 2 fully saturated rings. The zero-order valence-electron chi connectivity index (χ0n) is 9.90. The number of hydrogen-bond acceptors (Lipinski definition) is 4. The molecule has 0 amide bonds. The lowest BCUT2D eigenvalue weighted by molar-refractivity contribution is -0.192. The summed E-state index contributed by atoms with van der Waals surface area (Å²) in [5, 5.41) is 10.2. The van der Waals surface area contributed by atoms with Crippen LogP contribution in [-0.4, -0.2) is 50.6 Å². The zero-order chi connectivity index (χ0) is 14.7. The molecule has 1 heterocycles. The first-order chi connectivity index (χ1) is 8.60. The van der Waals surface area contributed by atoms with E-state index >= 15 is 0 Å². The van der Waals surface area contributed by atoms with E-state index in [2.05, 4.69) is 10.0 Å². The fourth-order valence-corrected chi connectivity index (χ4v) is 2.99. The molecule has 112 valence electrons. The molecule has 6 nitrogen and oxygen atoms in total. The maximum Gasteiger partial charge on any atom is 0.490 e. The predicted octanol–water partition coefficient (Wildman–Crippen LogP) is -0.0791. The minimum absolute atomic E-state index is 0.147. The largest absolute Gasteiger partial charge is 0.490 e. The lowest BCUT2D eigenvalue weighted by Gasteiger charge is -2.27. The number of rotatable bonds is 4. The Kier molecular flexibility index (Phi) is 5.16. The number of alkyl halides is 3. The quantitative estimate of drug-likeness (QED) is 0.675. The van der Waals surface area contributed by atoms with Crippen LogP contribution in [-0.2, 0) is 14.8 Å². The van der Waals surface area contributed by atoms with Gasteiger partial charge in [-0.25, -0.2) is 17.9 Å². The molecule has 1 saturated heterocycles. The van der Waals surface area contributed by atoms with Crippen molar-refractivity contribution in [1.29, 1.82) is 0 Å². The molecule has 0 aromatic carbocycles. The van der Waals surface area contributed by atoms with E-state index in [9.17, 15) is 21.6 Å². The van der Waals surface area contributed by atoms with Crippen LogP contribution in [0.3, 0.4) is 0 Å². The van der Waals surface area contributed by atoms with Crippen molar-refractivity contribution in [3.8, 4) is 0 Å². The van der Waals surface area contributed by atoms with Crippen molar-refractivity contribution in [2.45, 2.75) is 25.1 Å². The average Bonchev–Trinajstić information content (AvgIpc) is 2.94. The first-order valence-corrected chi connectivity index (χ1v) is 7.26. The number of carboxylic acid groups (broad SMARTS) is 1. The summed E-state index contributed by atoms with van der Waals surface area (Å²) >= 11 is 0. The Morgan fingerprint density at radius 2 is 1.79 bits per heavy atom. The van der Waals surface area contributed by atoms with Crippen molar-refractivity contribution in [3.63, 3.8) is 0 Å². The van der Waals surface area contributed by atoms with Gasteiger partial charge in [-0.2, -0.15) is 13.2 Å². The molecule has 1 aliphatic carbocycles. The molecule has 1 aliphatic heterocycles. The minimum atomic E-state index is -5.08. The molecule has 0 unspecified atom stereocenters. The van der Waals surface area contributed by atoms with Crippen LogP contribution in [0, 0.1) is 5.92 Å². The summed E-state index contributed by atoms with van der Waals surface area (Å²) in [6.45, 7) is 1.56. The molecule has 19 heavy (non-hydrogen) atoms. The van der Waals surface area contributed by atoms with E-state index < -0.39 is 22.2 Å². The topological polar surface area (TPSA) is 95.5 Å². The van der Waals surface area contributed by atoms with E-state index in [0.717, 1.165) is 25.9 Å². The smallest absolute Gasteiger partial charge is 0.475 e. The van der Waals surface area contributed by atoms with E-state index in [-0.39, 0.29) is 6.04 Å². The van der Waals surface area contributed by atoms with Crippen molar-refractivity contribution in [3.05, 3.63) is 0 Å². The number of hydrogen-bond donors (Lipinski definition) is 3. The minimum Gasteiger partial charge on any atom is -0.475 e. The second kappa shape index (κ2) is 6.06. The van der Waals surface area contributed by atoms with Crippen LogP contribution >= 0.6 is 0 Å². The first-order valence-electron chi connectivity index (χ1n) is 5.61. The van der Waals surface area contributed by atoms with Crippen LogP contribution in [0.15, 0.2) is 0 Å². The van der Waals surface area contributed by atoms with Crippen molar-refractivity contribution in [1.82, 2.24) is 10.0 Å². The molecule has 0 atom stereocenters. The second-order valence-corrected chi connectivity index (χ2v) is 6.30. The molecule has 2 rings (SSSR count). The van der Waals surface area contributed by atoms with E-state index in [4.69, 9.17) is 9.90 Å². The van der Waals surface area contributed by atoms with Gasteiger partial charge in [0, 0.05) is 19.1 Å². The third-order valence-corrected chi connectivity index (χ3v) is 4.12. The Hall–Kier alpha value is -0.870. The molecule has 2 aliphatic rings. The number of nitrogens with one attached hydrogen (secondary N) is 2. The van der Waals surface area contributed by atoms with Gasteiger partial charge in [-0.3, -0.25) is 0 Å². The Bertz CT molecular complexity index is 416. The summed E-state index contributed by atoms with van der Waals surface area (Å²) in [4.78, 5) is 8.90. The summed E-state index contributed by atoms with van der Waals surface area (Å²) < 4.78 is 57.1. The van der Waals surface area contributed by atoms with Crippen molar-refractivity contribution in [2.75, 3.05) is 18.8 Å². The molecule has 0 aromatic heterocycles. The van der Waals surface area contributed by atoms with Crippen molar-refractivity contribution in [2.24, 2.45) is 5.92 Å². The Morgan fingerprint density at radius 1 is 1.32 bits per heavy atom. The highest BCUT2D eigenvalue weighted by Gasteiger charge is 2.38. The molecule has 10 heteroatoms. The summed E-state index contributed by atoms with van der Waals surface area (Å²) in [5.41, 5.74) is 0. The van der Waals surface area contributed by atoms with Gasteiger partial charge in [0.2, 0.25) is 10.0 Å². The SMILES string of the molecule is O=C(O)C(F)(F)F.O=S(=O)(CC1CC1)NC1CNC1. The normalized spacial score (nSPS) is 20.2. The Balaban J connectivity index is 0.000000224. The Labute approximate surface area is 108 Å². The molecular formula is C9H15F3N2O4S. The zero-order valence-corrected chi connectivity index (χ0v) is 10.7. The maximum absolute atomic E-state index is 11.3. The lowest BCUT2D eigenvalue weighted by Crippen LogP contribution is -2.57. The standard InChI is InChI=1S/C7H14N2O2S.C2HF3O2/c10-12(11,5-6-1-2-6)9-7-3-8-4-7;3-2(4,5)1(6)7/h6-9H,1-5H2;(H,6,7). The predicted molar refractivity (Wildman–Crippen MR) is 60.0 cm³/mol. The number of carbonyl (C=O) groups is 1. The number of carboxylic acids is 1. The number of sulfonamides is 1. The van der Waals surface area contributed by atoms with Crippen LogP contribution in [0.1, 0.15) is 12.8 Å². The molecule has 0 radical (unpaired) electrons. The second-order valence-electron chi connectivity index (χ2n) is 4.50. The van der Waals surface area contributed by atoms with E-state index in [0.29, 0.717) is 11.7 Å². The average molecular weight is 304 g/mol. The van der Waals surface area contributed by atoms with E-state index in [1.54, 1.807) is 0 Å². The summed E-state index contributed by atoms with van der Waals surface area (Å²) in [6, 6.07) is 0.147. The van der Waals surface area contributed by atoms with Crippen molar-refractivity contribution < 1.29 is 31.5 Å². The first kappa shape index (κ1) is 16.2. The number of aliphatic carboxylic acids is 1. The third kappa shape index (κ3) is 6.73. The van der Waals surface area contributed by atoms with Crippen LogP contribution < -0.4 is 10.0 Å². The molecule has 0 bridgehead atoms.